The number of nitrogens with one attached hydrogen (secondary N) is 1. The van der Waals surface area contributed by atoms with Gasteiger partial charge in [-0.1, -0.05) is 30.7 Å². The van der Waals surface area contributed by atoms with Crippen LogP contribution in [0.15, 0.2) is 54.9 Å². The molecule has 0 radical (unpaired) electrons. The molecular weight excluding hydrogens is 432 g/mol. The molecule has 0 bridgehead atoms. The van der Waals surface area contributed by atoms with Crippen molar-refractivity contribution in [2.24, 2.45) is 5.92 Å². The van der Waals surface area contributed by atoms with Crippen molar-refractivity contribution in [3.05, 3.63) is 66.0 Å². The fourth-order valence-electron chi connectivity index (χ4n) is 5.09. The number of amides is 3. The number of pyridine rings is 1. The number of hydrogen-bond donors (Lipinski definition) is 1. The van der Waals surface area contributed by atoms with Gasteiger partial charge in [-0.2, -0.15) is 0 Å². The molecule has 8 heteroatoms. The second-order valence-corrected chi connectivity index (χ2v) is 9.35. The van der Waals surface area contributed by atoms with Crippen LogP contribution in [0.25, 0.3) is 0 Å². The molecule has 1 atom stereocenters. The van der Waals surface area contributed by atoms with Gasteiger partial charge in [0.05, 0.1) is 6.61 Å². The van der Waals surface area contributed by atoms with Crippen molar-refractivity contribution in [2.75, 3.05) is 19.7 Å². The van der Waals surface area contributed by atoms with Crippen LogP contribution in [0.5, 0.6) is 0 Å². The minimum Gasteiger partial charge on any atom is -0.353 e. The predicted molar refractivity (Wildman–Crippen MR) is 124 cm³/mol. The quantitative estimate of drug-likeness (QED) is 0.737. The summed E-state index contributed by atoms with van der Waals surface area (Å²) < 4.78 is 6.25. The van der Waals surface area contributed by atoms with Gasteiger partial charge in [0.1, 0.15) is 11.8 Å². The van der Waals surface area contributed by atoms with E-state index in [0.717, 1.165) is 24.8 Å². The lowest BCUT2D eigenvalue weighted by molar-refractivity contribution is -0.149. The Morgan fingerprint density at radius 2 is 1.82 bits per heavy atom. The first-order valence-corrected chi connectivity index (χ1v) is 12.1. The van der Waals surface area contributed by atoms with Crippen LogP contribution in [-0.2, 0) is 20.9 Å². The van der Waals surface area contributed by atoms with E-state index in [2.05, 4.69) is 10.3 Å². The molecule has 178 valence electrons. The first-order valence-electron chi connectivity index (χ1n) is 12.1. The maximum Gasteiger partial charge on any atom is 0.256 e. The van der Waals surface area contributed by atoms with Crippen molar-refractivity contribution in [2.45, 2.75) is 50.4 Å². The van der Waals surface area contributed by atoms with Crippen LogP contribution in [0, 0.1) is 5.92 Å². The lowest BCUT2D eigenvalue weighted by atomic mass is 9.83. The van der Waals surface area contributed by atoms with Gasteiger partial charge in [0.2, 0.25) is 11.8 Å². The zero-order valence-electron chi connectivity index (χ0n) is 19.2. The Labute approximate surface area is 199 Å². The Balaban J connectivity index is 1.34. The average Bonchev–Trinajstić information content (AvgIpc) is 3.21. The molecule has 2 saturated heterocycles. The minimum atomic E-state index is -0.889. The van der Waals surface area contributed by atoms with Gasteiger partial charge in [0.25, 0.3) is 5.91 Å². The Morgan fingerprint density at radius 1 is 1.06 bits per heavy atom. The predicted octanol–water partition coefficient (Wildman–Crippen LogP) is 2.36. The van der Waals surface area contributed by atoms with Crippen LogP contribution in [0.1, 0.15) is 48.0 Å². The smallest absolute Gasteiger partial charge is 0.256 e. The molecule has 2 aromatic rings. The molecule has 2 aliphatic heterocycles. The highest BCUT2D eigenvalue weighted by atomic mass is 16.5. The Kier molecular flexibility index (Phi) is 6.32. The summed E-state index contributed by atoms with van der Waals surface area (Å²) in [5.74, 6) is -0.117. The Hall–Kier alpha value is -3.26. The summed E-state index contributed by atoms with van der Waals surface area (Å²) in [6.07, 6.45) is 7.43. The normalized spacial score (nSPS) is 21.8. The maximum absolute atomic E-state index is 13.7. The minimum absolute atomic E-state index is 0.133. The second kappa shape index (κ2) is 9.54. The third kappa shape index (κ3) is 4.30. The molecule has 1 aromatic carbocycles. The highest BCUT2D eigenvalue weighted by Gasteiger charge is 2.54. The molecule has 1 spiro atoms. The van der Waals surface area contributed by atoms with Gasteiger partial charge in [-0.25, -0.2) is 0 Å². The second-order valence-electron chi connectivity index (χ2n) is 9.35. The van der Waals surface area contributed by atoms with Crippen LogP contribution < -0.4 is 5.32 Å². The van der Waals surface area contributed by atoms with Crippen LogP contribution in [0.4, 0.5) is 0 Å². The van der Waals surface area contributed by atoms with Crippen molar-refractivity contribution in [1.29, 1.82) is 0 Å². The fourth-order valence-corrected chi connectivity index (χ4v) is 5.09. The lowest BCUT2D eigenvalue weighted by Gasteiger charge is -2.45. The highest BCUT2D eigenvalue weighted by molar-refractivity contribution is 5.98. The summed E-state index contributed by atoms with van der Waals surface area (Å²) in [5, 5.41) is 2.94. The molecule has 3 heterocycles. The summed E-state index contributed by atoms with van der Waals surface area (Å²) in [6.45, 7) is 1.51. The molecule has 1 N–H and O–H groups in total. The SMILES string of the molecule is O=C(NCc1cccnc1)C1COC2(CCN(C(=O)C3CCC3)CC2)N1C(=O)c1ccccc1. The maximum atomic E-state index is 13.7. The van der Waals surface area contributed by atoms with E-state index in [4.69, 9.17) is 4.74 Å². The van der Waals surface area contributed by atoms with Crippen LogP contribution >= 0.6 is 0 Å². The van der Waals surface area contributed by atoms with Crippen LogP contribution in [0.2, 0.25) is 0 Å². The molecule has 3 aliphatic rings. The van der Waals surface area contributed by atoms with Crippen molar-refractivity contribution < 1.29 is 19.1 Å². The van der Waals surface area contributed by atoms with Crippen molar-refractivity contribution in [3.8, 4) is 0 Å². The number of benzene rings is 1. The average molecular weight is 463 g/mol. The van der Waals surface area contributed by atoms with Crippen LogP contribution in [0.3, 0.4) is 0 Å². The van der Waals surface area contributed by atoms with Gasteiger partial charge < -0.3 is 15.0 Å². The third-order valence-electron chi connectivity index (χ3n) is 7.30. The molecule has 1 saturated carbocycles. The number of ether oxygens (including phenoxy) is 1. The van der Waals surface area contributed by atoms with E-state index < -0.39 is 11.8 Å². The standard InChI is InChI=1S/C26H30N4O4/c31-23(28-17-19-6-5-13-27-16-19)22-18-34-26(30(22)25(33)21-7-2-1-3-8-21)11-14-29(15-12-26)24(32)20-9-4-10-20/h1-3,5-8,13,16,20,22H,4,9-12,14-15,17-18H2,(H,28,31). The van der Waals surface area contributed by atoms with E-state index >= 15 is 0 Å². The number of aromatic nitrogens is 1. The summed E-state index contributed by atoms with van der Waals surface area (Å²) in [6, 6.07) is 12.0. The topological polar surface area (TPSA) is 91.8 Å². The zero-order chi connectivity index (χ0) is 23.5. The van der Waals surface area contributed by atoms with Gasteiger partial charge in [0, 0.05) is 56.4 Å². The lowest BCUT2D eigenvalue weighted by Crippen LogP contribution is -2.60. The zero-order valence-corrected chi connectivity index (χ0v) is 19.2. The van der Waals surface area contributed by atoms with Crippen molar-refractivity contribution in [3.63, 3.8) is 0 Å². The monoisotopic (exact) mass is 462 g/mol. The molecule has 8 nitrogen and oxygen atoms in total. The summed E-state index contributed by atoms with van der Waals surface area (Å²) in [7, 11) is 0. The molecule has 3 amide bonds. The Morgan fingerprint density at radius 3 is 2.47 bits per heavy atom. The molecule has 1 aromatic heterocycles. The first-order chi connectivity index (χ1) is 16.6. The van der Waals surface area contributed by atoms with Gasteiger partial charge in [-0.05, 0) is 36.6 Å². The van der Waals surface area contributed by atoms with Gasteiger partial charge in [-0.15, -0.1) is 0 Å². The summed E-state index contributed by atoms with van der Waals surface area (Å²) >= 11 is 0. The van der Waals surface area contributed by atoms with Gasteiger partial charge in [-0.3, -0.25) is 24.3 Å². The van der Waals surface area contributed by atoms with E-state index in [1.165, 1.54) is 0 Å². The first kappa shape index (κ1) is 22.5. The molecular formula is C26H30N4O4. The number of rotatable bonds is 5. The van der Waals surface area contributed by atoms with Gasteiger partial charge in [0.15, 0.2) is 0 Å². The van der Waals surface area contributed by atoms with E-state index in [0.29, 0.717) is 38.0 Å². The summed E-state index contributed by atoms with van der Waals surface area (Å²) in [4.78, 5) is 47.3. The molecule has 3 fully saturated rings. The van der Waals surface area contributed by atoms with Crippen molar-refractivity contribution >= 4 is 17.7 Å². The highest BCUT2D eigenvalue weighted by Crippen LogP contribution is 2.39. The molecule has 34 heavy (non-hydrogen) atoms. The fraction of sp³-hybridized carbons (Fsp3) is 0.462. The van der Waals surface area contributed by atoms with Crippen molar-refractivity contribution in [1.82, 2.24) is 20.1 Å². The molecule has 5 rings (SSSR count). The largest absolute Gasteiger partial charge is 0.353 e. The number of carbonyl (C=O) groups is 3. The van der Waals surface area contributed by atoms with E-state index in [1.807, 2.05) is 35.2 Å². The van der Waals surface area contributed by atoms with E-state index in [-0.39, 0.29) is 30.2 Å². The summed E-state index contributed by atoms with van der Waals surface area (Å²) in [5.41, 5.74) is 0.512. The number of carbonyl (C=O) groups excluding carboxylic acids is 3. The van der Waals surface area contributed by atoms with Crippen LogP contribution in [-0.4, -0.2) is 64.0 Å². The number of hydrogen-bond acceptors (Lipinski definition) is 5. The van der Waals surface area contributed by atoms with Gasteiger partial charge >= 0.3 is 0 Å². The van der Waals surface area contributed by atoms with E-state index in [9.17, 15) is 14.4 Å². The molecule has 1 aliphatic carbocycles. The third-order valence-corrected chi connectivity index (χ3v) is 7.30. The number of nitrogens with zero attached hydrogens (tertiary/aromatic N) is 3. The molecule has 1 unspecified atom stereocenters. The number of piperidine rings is 1. The Bertz CT molecular complexity index is 1030. The van der Waals surface area contributed by atoms with E-state index in [1.54, 1.807) is 29.4 Å². The number of likely N-dealkylation sites (tertiary alicyclic amines) is 1.